The number of rotatable bonds is 5. The second kappa shape index (κ2) is 9.54. The van der Waals surface area contributed by atoms with Gasteiger partial charge in [0.05, 0.1) is 0 Å². The molecular formula is C26H34N2O3. The van der Waals surface area contributed by atoms with Crippen LogP contribution in [-0.4, -0.2) is 42.5 Å². The summed E-state index contributed by atoms with van der Waals surface area (Å²) in [7, 11) is 0. The van der Waals surface area contributed by atoms with E-state index in [9.17, 15) is 9.59 Å². The average Bonchev–Trinajstić information content (AvgIpc) is 2.74. The van der Waals surface area contributed by atoms with E-state index in [4.69, 9.17) is 4.74 Å². The van der Waals surface area contributed by atoms with Crippen molar-refractivity contribution in [2.75, 3.05) is 19.7 Å². The van der Waals surface area contributed by atoms with Gasteiger partial charge in [-0.25, -0.2) is 0 Å². The highest BCUT2D eigenvalue weighted by atomic mass is 16.5. The highest BCUT2D eigenvalue weighted by Crippen LogP contribution is 2.22. The molecule has 166 valence electrons. The zero-order valence-corrected chi connectivity index (χ0v) is 19.3. The zero-order chi connectivity index (χ0) is 22.6. The van der Waals surface area contributed by atoms with Gasteiger partial charge in [0.2, 0.25) is 0 Å². The number of aryl methyl sites for hydroxylation is 2. The van der Waals surface area contributed by atoms with E-state index in [0.29, 0.717) is 18.7 Å². The van der Waals surface area contributed by atoms with Crippen molar-refractivity contribution < 1.29 is 14.3 Å². The van der Waals surface area contributed by atoms with Crippen LogP contribution in [-0.2, 0) is 10.2 Å². The Labute approximate surface area is 185 Å². The van der Waals surface area contributed by atoms with Gasteiger partial charge >= 0.3 is 0 Å². The largest absolute Gasteiger partial charge is 0.484 e. The summed E-state index contributed by atoms with van der Waals surface area (Å²) in [5, 5.41) is 3.11. The van der Waals surface area contributed by atoms with Crippen LogP contribution in [0.1, 0.15) is 60.7 Å². The van der Waals surface area contributed by atoms with Crippen molar-refractivity contribution in [3.05, 3.63) is 64.7 Å². The molecule has 0 spiro atoms. The molecule has 2 aromatic rings. The number of nitrogens with one attached hydrogen (secondary N) is 1. The molecule has 1 aliphatic rings. The van der Waals surface area contributed by atoms with Crippen LogP contribution >= 0.6 is 0 Å². The van der Waals surface area contributed by atoms with Crippen LogP contribution in [0.15, 0.2) is 42.5 Å². The van der Waals surface area contributed by atoms with Crippen molar-refractivity contribution in [3.8, 4) is 5.75 Å². The van der Waals surface area contributed by atoms with E-state index in [1.807, 2.05) is 61.2 Å². The minimum atomic E-state index is -0.0525. The molecule has 0 bridgehead atoms. The first-order valence-electron chi connectivity index (χ1n) is 11.0. The molecule has 0 aromatic heterocycles. The Bertz CT molecular complexity index is 921. The summed E-state index contributed by atoms with van der Waals surface area (Å²) in [6, 6.07) is 13.7. The number of hydrogen-bond donors (Lipinski definition) is 1. The molecule has 5 heteroatoms. The van der Waals surface area contributed by atoms with Crippen molar-refractivity contribution in [3.63, 3.8) is 0 Å². The molecule has 3 rings (SSSR count). The molecule has 0 unspecified atom stereocenters. The first-order chi connectivity index (χ1) is 14.6. The second-order valence-electron chi connectivity index (χ2n) is 9.49. The van der Waals surface area contributed by atoms with Crippen molar-refractivity contribution in [1.82, 2.24) is 10.2 Å². The van der Waals surface area contributed by atoms with Crippen LogP contribution in [0.2, 0.25) is 0 Å². The zero-order valence-electron chi connectivity index (χ0n) is 19.3. The molecule has 1 N–H and O–H groups in total. The summed E-state index contributed by atoms with van der Waals surface area (Å²) in [6.07, 6.45) is 1.50. The van der Waals surface area contributed by atoms with E-state index in [-0.39, 0.29) is 29.9 Å². The number of benzene rings is 2. The Morgan fingerprint density at radius 2 is 1.65 bits per heavy atom. The number of hydrogen-bond acceptors (Lipinski definition) is 3. The lowest BCUT2D eigenvalue weighted by Crippen LogP contribution is -2.47. The third kappa shape index (κ3) is 6.09. The molecule has 1 heterocycles. The summed E-state index contributed by atoms with van der Waals surface area (Å²) in [5.41, 5.74) is 4.30. The van der Waals surface area contributed by atoms with Crippen molar-refractivity contribution >= 4 is 11.8 Å². The van der Waals surface area contributed by atoms with Crippen LogP contribution in [0.5, 0.6) is 5.75 Å². The summed E-state index contributed by atoms with van der Waals surface area (Å²) in [5.74, 6) is 0.653. The number of ether oxygens (including phenoxy) is 1. The first-order valence-corrected chi connectivity index (χ1v) is 11.0. The Morgan fingerprint density at radius 3 is 2.23 bits per heavy atom. The van der Waals surface area contributed by atoms with Gasteiger partial charge in [-0.05, 0) is 73.1 Å². The van der Waals surface area contributed by atoms with Gasteiger partial charge in [0.15, 0.2) is 6.61 Å². The number of amides is 2. The second-order valence-corrected chi connectivity index (χ2v) is 9.49. The predicted octanol–water partition coefficient (Wildman–Crippen LogP) is 4.40. The molecule has 0 aliphatic carbocycles. The van der Waals surface area contributed by atoms with Gasteiger partial charge in [-0.3, -0.25) is 9.59 Å². The maximum Gasteiger partial charge on any atom is 0.260 e. The molecule has 1 aliphatic heterocycles. The maximum absolute atomic E-state index is 12.6. The molecule has 2 aromatic carbocycles. The topological polar surface area (TPSA) is 58.6 Å². The Kier molecular flexibility index (Phi) is 7.04. The normalized spacial score (nSPS) is 14.9. The smallest absolute Gasteiger partial charge is 0.260 e. The maximum atomic E-state index is 12.6. The fourth-order valence-corrected chi connectivity index (χ4v) is 3.70. The van der Waals surface area contributed by atoms with E-state index in [0.717, 1.165) is 24.2 Å². The fourth-order valence-electron chi connectivity index (χ4n) is 3.70. The summed E-state index contributed by atoms with van der Waals surface area (Å²) < 4.78 is 5.68. The molecule has 2 amide bonds. The highest BCUT2D eigenvalue weighted by molar-refractivity contribution is 5.94. The number of carbonyl (C=O) groups is 2. The minimum absolute atomic E-state index is 0.0132. The SMILES string of the molecule is Cc1ccc(OCC(=O)N2CCC(NC(=O)c3ccc(C(C)(C)C)cc3)CC2)cc1C. The Hall–Kier alpha value is -2.82. The lowest BCUT2D eigenvalue weighted by Gasteiger charge is -2.32. The van der Waals surface area contributed by atoms with Gasteiger partial charge in [0, 0.05) is 24.7 Å². The standard InChI is InChI=1S/C26H34N2O3/c1-18-6-11-23(16-19(18)2)31-17-24(29)28-14-12-22(13-15-28)27-25(30)20-7-9-21(10-8-20)26(3,4)5/h6-11,16,22H,12-15,17H2,1-5H3,(H,27,30). The highest BCUT2D eigenvalue weighted by Gasteiger charge is 2.24. The number of nitrogens with zero attached hydrogens (tertiary/aromatic N) is 1. The molecule has 0 atom stereocenters. The fraction of sp³-hybridized carbons (Fsp3) is 0.462. The molecule has 5 nitrogen and oxygen atoms in total. The quantitative estimate of drug-likeness (QED) is 0.777. The molecule has 31 heavy (non-hydrogen) atoms. The third-order valence-electron chi connectivity index (χ3n) is 6.04. The van der Waals surface area contributed by atoms with E-state index in [1.165, 1.54) is 11.1 Å². The Morgan fingerprint density at radius 1 is 1.00 bits per heavy atom. The van der Waals surface area contributed by atoms with Gasteiger partial charge < -0.3 is 15.0 Å². The molecular weight excluding hydrogens is 388 g/mol. The van der Waals surface area contributed by atoms with Gasteiger partial charge in [-0.15, -0.1) is 0 Å². The van der Waals surface area contributed by atoms with Crippen molar-refractivity contribution in [1.29, 1.82) is 0 Å². The minimum Gasteiger partial charge on any atom is -0.484 e. The third-order valence-corrected chi connectivity index (χ3v) is 6.04. The average molecular weight is 423 g/mol. The lowest BCUT2D eigenvalue weighted by atomic mass is 9.86. The summed E-state index contributed by atoms with van der Waals surface area (Å²) >= 11 is 0. The molecule has 1 saturated heterocycles. The Balaban J connectivity index is 1.45. The van der Waals surface area contributed by atoms with Gasteiger partial charge in [-0.1, -0.05) is 39.0 Å². The summed E-state index contributed by atoms with van der Waals surface area (Å²) in [4.78, 5) is 26.9. The predicted molar refractivity (Wildman–Crippen MR) is 124 cm³/mol. The molecule has 0 radical (unpaired) electrons. The lowest BCUT2D eigenvalue weighted by molar-refractivity contribution is -0.134. The molecule has 0 saturated carbocycles. The first kappa shape index (κ1) is 22.9. The number of likely N-dealkylation sites (tertiary alicyclic amines) is 1. The van der Waals surface area contributed by atoms with Gasteiger partial charge in [-0.2, -0.15) is 0 Å². The number of carbonyl (C=O) groups excluding carboxylic acids is 2. The van der Waals surface area contributed by atoms with E-state index in [2.05, 4.69) is 26.1 Å². The van der Waals surface area contributed by atoms with Crippen molar-refractivity contribution in [2.24, 2.45) is 0 Å². The van der Waals surface area contributed by atoms with E-state index in [1.54, 1.807) is 0 Å². The van der Waals surface area contributed by atoms with Crippen LogP contribution < -0.4 is 10.1 Å². The monoisotopic (exact) mass is 422 g/mol. The van der Waals surface area contributed by atoms with Crippen LogP contribution in [0.25, 0.3) is 0 Å². The van der Waals surface area contributed by atoms with E-state index < -0.39 is 0 Å². The van der Waals surface area contributed by atoms with Gasteiger partial charge in [0.1, 0.15) is 5.75 Å². The van der Waals surface area contributed by atoms with Crippen LogP contribution in [0.3, 0.4) is 0 Å². The van der Waals surface area contributed by atoms with Crippen molar-refractivity contribution in [2.45, 2.75) is 58.9 Å². The van der Waals surface area contributed by atoms with E-state index >= 15 is 0 Å². The molecule has 1 fully saturated rings. The number of piperidine rings is 1. The van der Waals surface area contributed by atoms with Gasteiger partial charge in [0.25, 0.3) is 11.8 Å². The van der Waals surface area contributed by atoms with Crippen LogP contribution in [0.4, 0.5) is 0 Å². The van der Waals surface area contributed by atoms with Crippen LogP contribution in [0, 0.1) is 13.8 Å². The summed E-state index contributed by atoms with van der Waals surface area (Å²) in [6.45, 7) is 11.8.